The molecule has 0 unspecified atom stereocenters. The van der Waals surface area contributed by atoms with E-state index in [1.807, 2.05) is 18.2 Å². The molecule has 18 heavy (non-hydrogen) atoms. The maximum atomic E-state index is 5.76. The van der Waals surface area contributed by atoms with Crippen LogP contribution in [0.2, 0.25) is 0 Å². The molecule has 1 heterocycles. The first-order valence-electron chi connectivity index (χ1n) is 6.07. The van der Waals surface area contributed by atoms with Crippen molar-refractivity contribution < 1.29 is 4.74 Å². The summed E-state index contributed by atoms with van der Waals surface area (Å²) in [5.41, 5.74) is 1.15. The molecular formula is C14H17N3O. The van der Waals surface area contributed by atoms with E-state index in [2.05, 4.69) is 28.3 Å². The molecule has 1 aromatic heterocycles. The molecule has 4 heteroatoms. The number of nitrogens with zero attached hydrogens (tertiary/aromatic N) is 2. The zero-order chi connectivity index (χ0) is 12.6. The summed E-state index contributed by atoms with van der Waals surface area (Å²) >= 11 is 0. The Morgan fingerprint density at radius 3 is 2.67 bits per heavy atom. The number of ether oxygens (including phenoxy) is 1. The molecular weight excluding hydrogens is 226 g/mol. The number of hydrogen-bond acceptors (Lipinski definition) is 4. The van der Waals surface area contributed by atoms with E-state index in [9.17, 15) is 0 Å². The van der Waals surface area contributed by atoms with Crippen LogP contribution in [0.1, 0.15) is 18.3 Å². The van der Waals surface area contributed by atoms with Crippen molar-refractivity contribution in [3.63, 3.8) is 0 Å². The largest absolute Gasteiger partial charge is 0.485 e. The zero-order valence-electron chi connectivity index (χ0n) is 10.5. The number of rotatable bonds is 6. The summed E-state index contributed by atoms with van der Waals surface area (Å²) in [4.78, 5) is 8.27. The highest BCUT2D eigenvalue weighted by atomic mass is 16.5. The first-order chi connectivity index (χ1) is 8.90. The van der Waals surface area contributed by atoms with Crippen LogP contribution in [0, 0.1) is 0 Å². The van der Waals surface area contributed by atoms with Gasteiger partial charge in [0.05, 0.1) is 0 Å². The predicted molar refractivity (Wildman–Crippen MR) is 70.2 cm³/mol. The lowest BCUT2D eigenvalue weighted by molar-refractivity contribution is 0.292. The van der Waals surface area contributed by atoms with Crippen LogP contribution in [0.25, 0.3) is 0 Å². The third-order valence-corrected chi connectivity index (χ3v) is 2.51. The molecule has 2 rings (SSSR count). The van der Waals surface area contributed by atoms with Gasteiger partial charge in [0.1, 0.15) is 12.4 Å². The van der Waals surface area contributed by atoms with Gasteiger partial charge in [-0.3, -0.25) is 0 Å². The summed E-state index contributed by atoms with van der Waals surface area (Å²) in [7, 11) is 0. The predicted octanol–water partition coefficient (Wildman–Crippen LogP) is 2.17. The van der Waals surface area contributed by atoms with Crippen LogP contribution in [-0.4, -0.2) is 16.5 Å². The van der Waals surface area contributed by atoms with Gasteiger partial charge in [0.25, 0.3) is 0 Å². The van der Waals surface area contributed by atoms with Crippen molar-refractivity contribution >= 4 is 0 Å². The fourth-order valence-electron chi connectivity index (χ4n) is 1.60. The van der Waals surface area contributed by atoms with Gasteiger partial charge in [0.15, 0.2) is 5.82 Å². The fourth-order valence-corrected chi connectivity index (χ4v) is 1.60. The highest BCUT2D eigenvalue weighted by Gasteiger charge is 2.03. The smallest absolute Gasteiger partial charge is 0.166 e. The van der Waals surface area contributed by atoms with Gasteiger partial charge < -0.3 is 10.1 Å². The summed E-state index contributed by atoms with van der Waals surface area (Å²) in [5, 5.41) is 3.29. The van der Waals surface area contributed by atoms with Crippen LogP contribution in [0.3, 0.4) is 0 Å². The summed E-state index contributed by atoms with van der Waals surface area (Å²) in [6.07, 6.45) is 3.44. The average molecular weight is 243 g/mol. The highest BCUT2D eigenvalue weighted by molar-refractivity contribution is 5.33. The van der Waals surface area contributed by atoms with Gasteiger partial charge in [0.2, 0.25) is 0 Å². The average Bonchev–Trinajstić information content (AvgIpc) is 2.45. The summed E-state index contributed by atoms with van der Waals surface area (Å²) in [6, 6.07) is 9.80. The normalized spacial score (nSPS) is 10.3. The van der Waals surface area contributed by atoms with E-state index in [1.165, 1.54) is 0 Å². The molecule has 1 aromatic carbocycles. The monoisotopic (exact) mass is 243 g/mol. The zero-order valence-corrected chi connectivity index (χ0v) is 10.5. The van der Waals surface area contributed by atoms with Crippen molar-refractivity contribution in [3.8, 4) is 5.75 Å². The van der Waals surface area contributed by atoms with E-state index >= 15 is 0 Å². The number of benzene rings is 1. The Bertz CT molecular complexity index is 473. The molecule has 94 valence electrons. The minimum atomic E-state index is 0.393. The van der Waals surface area contributed by atoms with Gasteiger partial charge >= 0.3 is 0 Å². The van der Waals surface area contributed by atoms with Gasteiger partial charge in [-0.15, -0.1) is 0 Å². The topological polar surface area (TPSA) is 47.0 Å². The minimum Gasteiger partial charge on any atom is -0.485 e. The van der Waals surface area contributed by atoms with E-state index in [-0.39, 0.29) is 0 Å². The molecule has 0 saturated carbocycles. The molecule has 0 amide bonds. The van der Waals surface area contributed by atoms with E-state index in [1.54, 1.807) is 18.5 Å². The molecule has 0 aliphatic rings. The van der Waals surface area contributed by atoms with E-state index in [4.69, 9.17) is 4.74 Å². The van der Waals surface area contributed by atoms with Crippen LogP contribution in [0.4, 0.5) is 0 Å². The number of para-hydroxylation sites is 1. The Kier molecular flexibility index (Phi) is 4.67. The Morgan fingerprint density at radius 1 is 1.11 bits per heavy atom. The van der Waals surface area contributed by atoms with Crippen molar-refractivity contribution in [1.29, 1.82) is 0 Å². The van der Waals surface area contributed by atoms with Gasteiger partial charge in [-0.1, -0.05) is 25.1 Å². The van der Waals surface area contributed by atoms with Crippen LogP contribution < -0.4 is 10.1 Å². The summed E-state index contributed by atoms with van der Waals surface area (Å²) in [6.45, 7) is 4.23. The van der Waals surface area contributed by atoms with Crippen molar-refractivity contribution in [3.05, 3.63) is 54.1 Å². The first kappa shape index (κ1) is 12.5. The highest BCUT2D eigenvalue weighted by Crippen LogP contribution is 2.18. The van der Waals surface area contributed by atoms with Crippen LogP contribution in [0.15, 0.2) is 42.7 Å². The lowest BCUT2D eigenvalue weighted by atomic mass is 10.2. The Morgan fingerprint density at radius 2 is 1.89 bits per heavy atom. The molecule has 0 spiro atoms. The van der Waals surface area contributed by atoms with Gasteiger partial charge in [-0.25, -0.2) is 9.97 Å². The molecule has 0 bridgehead atoms. The molecule has 0 aliphatic carbocycles. The Balaban J connectivity index is 2.00. The van der Waals surface area contributed by atoms with Crippen molar-refractivity contribution in [2.24, 2.45) is 0 Å². The molecule has 0 radical (unpaired) electrons. The van der Waals surface area contributed by atoms with E-state index in [0.717, 1.165) is 24.4 Å². The van der Waals surface area contributed by atoms with Crippen LogP contribution in [-0.2, 0) is 13.2 Å². The van der Waals surface area contributed by atoms with Crippen LogP contribution in [0.5, 0.6) is 5.75 Å². The second kappa shape index (κ2) is 6.71. The molecule has 4 nitrogen and oxygen atoms in total. The van der Waals surface area contributed by atoms with Crippen molar-refractivity contribution in [2.75, 3.05) is 6.54 Å². The van der Waals surface area contributed by atoms with Crippen molar-refractivity contribution in [1.82, 2.24) is 15.3 Å². The quantitative estimate of drug-likeness (QED) is 0.844. The molecule has 1 N–H and O–H groups in total. The Hall–Kier alpha value is -1.94. The second-order valence-corrected chi connectivity index (χ2v) is 3.84. The van der Waals surface area contributed by atoms with E-state index < -0.39 is 0 Å². The standard InChI is InChI=1S/C14H17N3O/c1-2-15-10-12-6-3-4-7-13(12)18-11-14-16-8-5-9-17-14/h3-9,15H,2,10-11H2,1H3. The SMILES string of the molecule is CCNCc1ccccc1OCc1ncccn1. The molecule has 0 fully saturated rings. The fraction of sp³-hybridized carbons (Fsp3) is 0.286. The number of hydrogen-bond donors (Lipinski definition) is 1. The number of aromatic nitrogens is 2. The maximum Gasteiger partial charge on any atom is 0.166 e. The number of nitrogens with one attached hydrogen (secondary N) is 1. The van der Waals surface area contributed by atoms with Gasteiger partial charge in [-0.2, -0.15) is 0 Å². The second-order valence-electron chi connectivity index (χ2n) is 3.84. The lowest BCUT2D eigenvalue weighted by Gasteiger charge is -2.10. The third kappa shape index (κ3) is 3.53. The van der Waals surface area contributed by atoms with Gasteiger partial charge in [0, 0.05) is 24.5 Å². The summed E-state index contributed by atoms with van der Waals surface area (Å²) in [5.74, 6) is 1.57. The summed E-state index contributed by atoms with van der Waals surface area (Å²) < 4.78 is 5.76. The van der Waals surface area contributed by atoms with Crippen molar-refractivity contribution in [2.45, 2.75) is 20.1 Å². The first-order valence-corrected chi connectivity index (χ1v) is 6.07. The minimum absolute atomic E-state index is 0.393. The van der Waals surface area contributed by atoms with Crippen LogP contribution >= 0.6 is 0 Å². The molecule has 0 atom stereocenters. The Labute approximate surface area is 107 Å². The maximum absolute atomic E-state index is 5.76. The molecule has 0 aliphatic heterocycles. The molecule has 2 aromatic rings. The molecule has 0 saturated heterocycles. The van der Waals surface area contributed by atoms with E-state index in [0.29, 0.717) is 12.4 Å². The van der Waals surface area contributed by atoms with Gasteiger partial charge in [-0.05, 0) is 18.7 Å². The lowest BCUT2D eigenvalue weighted by Crippen LogP contribution is -2.13. The third-order valence-electron chi connectivity index (χ3n) is 2.51.